The number of piperidine rings is 1. The maximum absolute atomic E-state index is 5.67. The number of rotatable bonds is 5. The molecule has 1 heterocycles. The monoisotopic (exact) mass is 214 g/mol. The number of hydrogen-bond donors (Lipinski definition) is 1. The number of ether oxygens (including phenoxy) is 1. The summed E-state index contributed by atoms with van der Waals surface area (Å²) < 4.78 is 5.67. The van der Waals surface area contributed by atoms with Crippen molar-refractivity contribution in [2.45, 2.75) is 45.3 Å². The molecule has 0 aromatic rings. The molecule has 0 aromatic carbocycles. The van der Waals surface area contributed by atoms with Crippen LogP contribution in [0.15, 0.2) is 0 Å². The highest BCUT2D eigenvalue weighted by atomic mass is 16.5. The molecule has 0 radical (unpaired) electrons. The third-order valence-electron chi connectivity index (χ3n) is 2.98. The largest absolute Gasteiger partial charge is 0.375 e. The van der Waals surface area contributed by atoms with E-state index in [0.717, 1.165) is 13.2 Å². The van der Waals surface area contributed by atoms with Crippen molar-refractivity contribution < 1.29 is 4.74 Å². The lowest BCUT2D eigenvalue weighted by Crippen LogP contribution is -2.49. The fourth-order valence-corrected chi connectivity index (χ4v) is 2.16. The second-order valence-corrected chi connectivity index (χ2v) is 5.18. The van der Waals surface area contributed by atoms with Crippen LogP contribution in [0.3, 0.4) is 0 Å². The Bertz CT molecular complexity index is 182. The molecule has 1 aliphatic heterocycles. The van der Waals surface area contributed by atoms with E-state index in [-0.39, 0.29) is 5.60 Å². The highest BCUT2D eigenvalue weighted by molar-refractivity contribution is 4.80. The maximum Gasteiger partial charge on any atom is 0.0750 e. The second kappa shape index (κ2) is 5.83. The fraction of sp³-hybridized carbons (Fsp3) is 1.00. The molecule has 15 heavy (non-hydrogen) atoms. The highest BCUT2D eigenvalue weighted by Gasteiger charge is 2.22. The molecular weight excluding hydrogens is 188 g/mol. The summed E-state index contributed by atoms with van der Waals surface area (Å²) in [6.07, 6.45) is 2.61. The van der Waals surface area contributed by atoms with Gasteiger partial charge in [-0.3, -0.25) is 0 Å². The minimum atomic E-state index is -0.0369. The van der Waals surface area contributed by atoms with Gasteiger partial charge < -0.3 is 15.0 Å². The Balaban J connectivity index is 2.23. The van der Waals surface area contributed by atoms with Crippen LogP contribution in [-0.2, 0) is 4.74 Å². The van der Waals surface area contributed by atoms with Gasteiger partial charge in [0.25, 0.3) is 0 Å². The van der Waals surface area contributed by atoms with Crippen molar-refractivity contribution >= 4 is 0 Å². The van der Waals surface area contributed by atoms with Crippen molar-refractivity contribution in [3.8, 4) is 0 Å². The van der Waals surface area contributed by atoms with Gasteiger partial charge in [-0.15, -0.1) is 0 Å². The van der Waals surface area contributed by atoms with Gasteiger partial charge in [0.15, 0.2) is 0 Å². The summed E-state index contributed by atoms with van der Waals surface area (Å²) in [5, 5.41) is 3.61. The molecule has 0 saturated carbocycles. The molecule has 1 aliphatic rings. The predicted molar refractivity (Wildman–Crippen MR) is 64.2 cm³/mol. The lowest BCUT2D eigenvalue weighted by molar-refractivity contribution is -0.0120. The number of likely N-dealkylation sites (N-methyl/N-ethyl adjacent to an activating group) is 1. The first-order valence-corrected chi connectivity index (χ1v) is 6.09. The number of likely N-dealkylation sites (tertiary alicyclic amines) is 1. The summed E-state index contributed by atoms with van der Waals surface area (Å²) >= 11 is 0. The Morgan fingerprint density at radius 1 is 1.47 bits per heavy atom. The van der Waals surface area contributed by atoms with Crippen molar-refractivity contribution in [1.29, 1.82) is 0 Å². The van der Waals surface area contributed by atoms with Crippen molar-refractivity contribution in [1.82, 2.24) is 10.2 Å². The van der Waals surface area contributed by atoms with Crippen LogP contribution in [0, 0.1) is 0 Å². The lowest BCUT2D eigenvalue weighted by Gasteiger charge is -2.33. The van der Waals surface area contributed by atoms with Gasteiger partial charge in [0.2, 0.25) is 0 Å². The van der Waals surface area contributed by atoms with Crippen molar-refractivity contribution in [3.63, 3.8) is 0 Å². The molecule has 0 aliphatic carbocycles. The van der Waals surface area contributed by atoms with E-state index in [1.807, 2.05) is 0 Å². The van der Waals surface area contributed by atoms with Crippen molar-refractivity contribution in [2.24, 2.45) is 0 Å². The topological polar surface area (TPSA) is 24.5 Å². The van der Waals surface area contributed by atoms with Crippen LogP contribution in [0.2, 0.25) is 0 Å². The molecule has 1 unspecified atom stereocenters. The summed E-state index contributed by atoms with van der Waals surface area (Å²) in [5.41, 5.74) is -0.0369. The molecule has 1 fully saturated rings. The zero-order valence-corrected chi connectivity index (χ0v) is 10.7. The Kier molecular flexibility index (Phi) is 5.03. The van der Waals surface area contributed by atoms with Crippen LogP contribution in [0.1, 0.15) is 33.6 Å². The zero-order chi connectivity index (χ0) is 11.3. The Hall–Kier alpha value is -0.120. The molecule has 0 aromatic heterocycles. The minimum absolute atomic E-state index is 0.0369. The highest BCUT2D eigenvalue weighted by Crippen LogP contribution is 2.11. The molecule has 0 spiro atoms. The first-order valence-electron chi connectivity index (χ1n) is 6.09. The third-order valence-corrected chi connectivity index (χ3v) is 2.98. The molecule has 0 bridgehead atoms. The van der Waals surface area contributed by atoms with Gasteiger partial charge in [-0.05, 0) is 47.2 Å². The van der Waals surface area contributed by atoms with Crippen LogP contribution >= 0.6 is 0 Å². The number of hydrogen-bond acceptors (Lipinski definition) is 3. The second-order valence-electron chi connectivity index (χ2n) is 5.18. The summed E-state index contributed by atoms with van der Waals surface area (Å²) in [4.78, 5) is 2.40. The normalized spacial score (nSPS) is 24.4. The molecule has 1 saturated heterocycles. The number of nitrogens with one attached hydrogen (secondary N) is 1. The van der Waals surface area contributed by atoms with Gasteiger partial charge in [-0.2, -0.15) is 0 Å². The van der Waals surface area contributed by atoms with E-state index in [1.165, 1.54) is 25.9 Å². The summed E-state index contributed by atoms with van der Waals surface area (Å²) in [6, 6.07) is 0.642. The van der Waals surface area contributed by atoms with Crippen LogP contribution in [0.25, 0.3) is 0 Å². The van der Waals surface area contributed by atoms with E-state index < -0.39 is 0 Å². The van der Waals surface area contributed by atoms with Crippen LogP contribution in [-0.4, -0.2) is 49.8 Å². The van der Waals surface area contributed by atoms with Crippen molar-refractivity contribution in [2.75, 3.05) is 33.3 Å². The van der Waals surface area contributed by atoms with Gasteiger partial charge in [-0.25, -0.2) is 0 Å². The average molecular weight is 214 g/mol. The Morgan fingerprint density at radius 2 is 2.20 bits per heavy atom. The third kappa shape index (κ3) is 4.96. The zero-order valence-electron chi connectivity index (χ0n) is 10.7. The minimum Gasteiger partial charge on any atom is -0.375 e. The maximum atomic E-state index is 5.67. The summed E-state index contributed by atoms with van der Waals surface area (Å²) in [5.74, 6) is 0. The SMILES string of the molecule is CCOC(C)(C)CNC1CCCN(C)C1. The first kappa shape index (κ1) is 12.9. The molecule has 0 amide bonds. The fourth-order valence-electron chi connectivity index (χ4n) is 2.16. The Labute approximate surface area is 94.2 Å². The van der Waals surface area contributed by atoms with Gasteiger partial charge >= 0.3 is 0 Å². The van der Waals surface area contributed by atoms with Gasteiger partial charge in [0, 0.05) is 25.7 Å². The predicted octanol–water partition coefficient (Wildman–Crippen LogP) is 1.49. The molecule has 1 rings (SSSR count). The van der Waals surface area contributed by atoms with Crippen molar-refractivity contribution in [3.05, 3.63) is 0 Å². The molecule has 90 valence electrons. The quantitative estimate of drug-likeness (QED) is 0.750. The van der Waals surface area contributed by atoms with Crippen LogP contribution < -0.4 is 5.32 Å². The van der Waals surface area contributed by atoms with E-state index in [1.54, 1.807) is 0 Å². The molecular formula is C12H26N2O. The standard InChI is InChI=1S/C12H26N2O/c1-5-15-12(2,3)10-13-11-7-6-8-14(4)9-11/h11,13H,5-10H2,1-4H3. The molecule has 1 N–H and O–H groups in total. The molecule has 1 atom stereocenters. The average Bonchev–Trinajstić information content (AvgIpc) is 2.15. The smallest absolute Gasteiger partial charge is 0.0750 e. The van der Waals surface area contributed by atoms with Gasteiger partial charge in [0.1, 0.15) is 0 Å². The summed E-state index contributed by atoms with van der Waals surface area (Å²) in [7, 11) is 2.20. The Morgan fingerprint density at radius 3 is 2.80 bits per heavy atom. The van der Waals surface area contributed by atoms with Gasteiger partial charge in [-0.1, -0.05) is 0 Å². The van der Waals surface area contributed by atoms with E-state index in [4.69, 9.17) is 4.74 Å². The van der Waals surface area contributed by atoms with Crippen LogP contribution in [0.5, 0.6) is 0 Å². The van der Waals surface area contributed by atoms with E-state index in [9.17, 15) is 0 Å². The van der Waals surface area contributed by atoms with Crippen LogP contribution in [0.4, 0.5) is 0 Å². The van der Waals surface area contributed by atoms with Gasteiger partial charge in [0.05, 0.1) is 5.60 Å². The van der Waals surface area contributed by atoms with E-state index in [2.05, 4.69) is 38.0 Å². The first-order chi connectivity index (χ1) is 7.03. The van der Waals surface area contributed by atoms with E-state index in [0.29, 0.717) is 6.04 Å². The molecule has 3 heteroatoms. The lowest BCUT2D eigenvalue weighted by atomic mass is 10.0. The summed E-state index contributed by atoms with van der Waals surface area (Å²) in [6.45, 7) is 10.5. The van der Waals surface area contributed by atoms with E-state index >= 15 is 0 Å². The molecule has 3 nitrogen and oxygen atoms in total. The number of nitrogens with zero attached hydrogens (tertiary/aromatic N) is 1.